The van der Waals surface area contributed by atoms with Gasteiger partial charge in [0.25, 0.3) is 0 Å². The second-order valence-electron chi connectivity index (χ2n) is 2.93. The number of pyridine rings is 1. The van der Waals surface area contributed by atoms with Crippen LogP contribution in [0.4, 0.5) is 0 Å². The molecule has 0 saturated heterocycles. The first-order chi connectivity index (χ1) is 6.56. The first kappa shape index (κ1) is 10.1. The predicted molar refractivity (Wildman–Crippen MR) is 52.6 cm³/mol. The van der Waals surface area contributed by atoms with Crippen LogP contribution in [0.5, 0.6) is 0 Å². The van der Waals surface area contributed by atoms with Crippen LogP contribution in [0.2, 0.25) is 0 Å². The summed E-state index contributed by atoms with van der Waals surface area (Å²) < 4.78 is 0. The van der Waals surface area contributed by atoms with Crippen molar-refractivity contribution < 1.29 is 5.11 Å². The highest BCUT2D eigenvalue weighted by Gasteiger charge is 2.07. The normalized spacial score (nSPS) is 11.8. The molecule has 0 aliphatic rings. The van der Waals surface area contributed by atoms with Crippen molar-refractivity contribution in [1.29, 1.82) is 5.26 Å². The van der Waals surface area contributed by atoms with Gasteiger partial charge in [0.05, 0.1) is 5.57 Å². The lowest BCUT2D eigenvalue weighted by molar-refractivity contribution is 0.418. The molecule has 0 amide bonds. The molecule has 4 nitrogen and oxygen atoms in total. The SMILES string of the molecule is C/C(O)=C(/C#N)c1ccc(=O)[nH]c1C. The van der Waals surface area contributed by atoms with Crippen molar-refractivity contribution in [2.75, 3.05) is 0 Å². The Hall–Kier alpha value is -2.02. The maximum absolute atomic E-state index is 10.9. The molecule has 0 aromatic carbocycles. The molecule has 0 unspecified atom stereocenters. The van der Waals surface area contributed by atoms with Crippen LogP contribution < -0.4 is 5.56 Å². The highest BCUT2D eigenvalue weighted by atomic mass is 16.3. The van der Waals surface area contributed by atoms with Gasteiger partial charge in [-0.15, -0.1) is 0 Å². The summed E-state index contributed by atoms with van der Waals surface area (Å²) in [6, 6.07) is 4.73. The fourth-order valence-corrected chi connectivity index (χ4v) is 1.18. The van der Waals surface area contributed by atoms with Gasteiger partial charge in [0, 0.05) is 17.3 Å². The zero-order valence-electron chi connectivity index (χ0n) is 7.96. The summed E-state index contributed by atoms with van der Waals surface area (Å²) in [6.45, 7) is 3.11. The monoisotopic (exact) mass is 190 g/mol. The Morgan fingerprint density at radius 1 is 1.57 bits per heavy atom. The van der Waals surface area contributed by atoms with Gasteiger partial charge >= 0.3 is 0 Å². The number of nitrogens with zero attached hydrogens (tertiary/aromatic N) is 1. The summed E-state index contributed by atoms with van der Waals surface area (Å²) in [5.74, 6) is -0.0531. The molecule has 1 aromatic heterocycles. The van der Waals surface area contributed by atoms with Crippen molar-refractivity contribution in [3.05, 3.63) is 39.5 Å². The number of H-pyrrole nitrogens is 1. The minimum atomic E-state index is -0.223. The van der Waals surface area contributed by atoms with E-state index in [0.717, 1.165) is 0 Å². The van der Waals surface area contributed by atoms with Crippen LogP contribution in [0.1, 0.15) is 18.2 Å². The molecule has 0 fully saturated rings. The maximum atomic E-state index is 10.9. The molecule has 1 aromatic rings. The summed E-state index contributed by atoms with van der Waals surface area (Å²) in [5, 5.41) is 18.0. The number of aromatic nitrogens is 1. The van der Waals surface area contributed by atoms with E-state index < -0.39 is 0 Å². The Morgan fingerprint density at radius 3 is 2.64 bits per heavy atom. The molecular weight excluding hydrogens is 180 g/mol. The minimum absolute atomic E-state index is 0.0531. The lowest BCUT2D eigenvalue weighted by Gasteiger charge is -2.03. The lowest BCUT2D eigenvalue weighted by atomic mass is 10.1. The molecular formula is C10H10N2O2. The Bertz CT molecular complexity index is 474. The lowest BCUT2D eigenvalue weighted by Crippen LogP contribution is -2.07. The zero-order chi connectivity index (χ0) is 10.7. The van der Waals surface area contributed by atoms with Crippen LogP contribution in [0.25, 0.3) is 5.57 Å². The topological polar surface area (TPSA) is 76.9 Å². The van der Waals surface area contributed by atoms with E-state index in [1.165, 1.54) is 19.1 Å². The van der Waals surface area contributed by atoms with Crippen molar-refractivity contribution in [3.63, 3.8) is 0 Å². The van der Waals surface area contributed by atoms with E-state index in [1.54, 1.807) is 6.92 Å². The molecule has 0 bridgehead atoms. The second kappa shape index (κ2) is 3.79. The third-order valence-electron chi connectivity index (χ3n) is 1.86. The van der Waals surface area contributed by atoms with E-state index in [1.807, 2.05) is 6.07 Å². The van der Waals surface area contributed by atoms with E-state index >= 15 is 0 Å². The van der Waals surface area contributed by atoms with Crippen molar-refractivity contribution in [2.45, 2.75) is 13.8 Å². The van der Waals surface area contributed by atoms with E-state index in [9.17, 15) is 9.90 Å². The smallest absolute Gasteiger partial charge is 0.248 e. The number of hydrogen-bond acceptors (Lipinski definition) is 3. The first-order valence-corrected chi connectivity index (χ1v) is 4.06. The quantitative estimate of drug-likeness (QED) is 0.520. The van der Waals surface area contributed by atoms with Crippen molar-refractivity contribution in [2.24, 2.45) is 0 Å². The average molecular weight is 190 g/mol. The van der Waals surface area contributed by atoms with Crippen molar-refractivity contribution in [3.8, 4) is 6.07 Å². The van der Waals surface area contributed by atoms with Gasteiger partial charge in [-0.25, -0.2) is 0 Å². The third-order valence-corrected chi connectivity index (χ3v) is 1.86. The van der Waals surface area contributed by atoms with Crippen LogP contribution in [0.15, 0.2) is 22.7 Å². The number of aromatic amines is 1. The average Bonchev–Trinajstić information content (AvgIpc) is 2.09. The summed E-state index contributed by atoms with van der Waals surface area (Å²) in [6.07, 6.45) is 0. The number of hydrogen-bond donors (Lipinski definition) is 2. The molecule has 14 heavy (non-hydrogen) atoms. The molecule has 0 radical (unpaired) electrons. The predicted octanol–water partition coefficient (Wildman–Crippen LogP) is 1.50. The Labute approximate surface area is 81.1 Å². The van der Waals surface area contributed by atoms with Gasteiger partial charge in [-0.1, -0.05) is 0 Å². The van der Waals surface area contributed by atoms with Gasteiger partial charge in [0.15, 0.2) is 0 Å². The molecule has 1 rings (SSSR count). The van der Waals surface area contributed by atoms with Crippen LogP contribution in [-0.4, -0.2) is 10.1 Å². The summed E-state index contributed by atoms with van der Waals surface area (Å²) in [7, 11) is 0. The highest BCUT2D eigenvalue weighted by Crippen LogP contribution is 2.17. The minimum Gasteiger partial charge on any atom is -0.511 e. The molecule has 0 aliphatic heterocycles. The van der Waals surface area contributed by atoms with Crippen molar-refractivity contribution >= 4 is 5.57 Å². The van der Waals surface area contributed by atoms with Crippen LogP contribution in [-0.2, 0) is 0 Å². The van der Waals surface area contributed by atoms with Gasteiger partial charge in [0.1, 0.15) is 11.8 Å². The first-order valence-electron chi connectivity index (χ1n) is 4.06. The molecule has 0 saturated carbocycles. The number of rotatable bonds is 1. The van der Waals surface area contributed by atoms with E-state index in [2.05, 4.69) is 4.98 Å². The van der Waals surface area contributed by atoms with Crippen LogP contribution in [0.3, 0.4) is 0 Å². The third kappa shape index (κ3) is 1.83. The highest BCUT2D eigenvalue weighted by molar-refractivity contribution is 5.78. The molecule has 1 heterocycles. The number of nitrogens with one attached hydrogen (secondary N) is 1. The van der Waals surface area contributed by atoms with Crippen LogP contribution in [0, 0.1) is 18.3 Å². The Balaban J connectivity index is 3.42. The maximum Gasteiger partial charge on any atom is 0.248 e. The number of aliphatic hydroxyl groups is 1. The van der Waals surface area contributed by atoms with Crippen LogP contribution >= 0.6 is 0 Å². The van der Waals surface area contributed by atoms with E-state index in [-0.39, 0.29) is 16.9 Å². The fourth-order valence-electron chi connectivity index (χ4n) is 1.18. The summed E-state index contributed by atoms with van der Waals surface area (Å²) >= 11 is 0. The second-order valence-corrected chi connectivity index (χ2v) is 2.93. The summed E-state index contributed by atoms with van der Waals surface area (Å²) in [5.41, 5.74) is 1.08. The number of aliphatic hydroxyl groups excluding tert-OH is 1. The van der Waals surface area contributed by atoms with Gasteiger partial charge in [-0.3, -0.25) is 4.79 Å². The molecule has 0 spiro atoms. The number of allylic oxidation sites excluding steroid dienone is 2. The Morgan fingerprint density at radius 2 is 2.21 bits per heavy atom. The number of aryl methyl sites for hydroxylation is 1. The zero-order valence-corrected chi connectivity index (χ0v) is 7.96. The molecule has 0 aliphatic carbocycles. The largest absolute Gasteiger partial charge is 0.511 e. The van der Waals surface area contributed by atoms with E-state index in [0.29, 0.717) is 11.3 Å². The Kier molecular flexibility index (Phi) is 2.73. The molecule has 0 atom stereocenters. The van der Waals surface area contributed by atoms with Gasteiger partial charge in [-0.2, -0.15) is 5.26 Å². The summed E-state index contributed by atoms with van der Waals surface area (Å²) in [4.78, 5) is 13.5. The molecule has 4 heteroatoms. The fraction of sp³-hybridized carbons (Fsp3) is 0.200. The van der Waals surface area contributed by atoms with E-state index in [4.69, 9.17) is 5.26 Å². The standard InChI is InChI=1S/C10H10N2O2/c1-6-8(3-4-10(14)12-6)9(5-11)7(2)13/h3-4,13H,1-2H3,(H,12,14)/b9-7+. The van der Waals surface area contributed by atoms with Gasteiger partial charge < -0.3 is 10.1 Å². The number of nitriles is 1. The van der Waals surface area contributed by atoms with Crippen molar-refractivity contribution in [1.82, 2.24) is 4.98 Å². The molecule has 72 valence electrons. The van der Waals surface area contributed by atoms with Gasteiger partial charge in [-0.05, 0) is 19.9 Å². The molecule has 2 N–H and O–H groups in total. The van der Waals surface area contributed by atoms with Gasteiger partial charge in [0.2, 0.25) is 5.56 Å².